The first-order valence-electron chi connectivity index (χ1n) is 4.74. The third-order valence-corrected chi connectivity index (χ3v) is 2.30. The van der Waals surface area contributed by atoms with Crippen molar-refractivity contribution >= 4 is 23.1 Å². The van der Waals surface area contributed by atoms with Gasteiger partial charge in [-0.15, -0.1) is 0 Å². The number of hydrogen-bond donors (Lipinski definition) is 0. The molecule has 0 bridgehead atoms. The number of rotatable bonds is 2. The molecule has 0 saturated heterocycles. The Morgan fingerprint density at radius 3 is 2.62 bits per heavy atom. The van der Waals surface area contributed by atoms with Gasteiger partial charge in [0.1, 0.15) is 5.82 Å². The molecule has 0 aliphatic rings. The molecule has 0 N–H and O–H groups in total. The summed E-state index contributed by atoms with van der Waals surface area (Å²) in [5.41, 5.74) is 2.33. The summed E-state index contributed by atoms with van der Waals surface area (Å²) in [6, 6.07) is 13.8. The first kappa shape index (κ1) is 10.7. The Morgan fingerprint density at radius 2 is 1.88 bits per heavy atom. The summed E-state index contributed by atoms with van der Waals surface area (Å²) in [5.74, 6) is -0.265. The SMILES string of the molecule is Fc1cccc(-c2ccccc2N=C=S)c1. The van der Waals surface area contributed by atoms with Gasteiger partial charge < -0.3 is 0 Å². The van der Waals surface area contributed by atoms with Crippen LogP contribution in [0.5, 0.6) is 0 Å². The second-order valence-corrected chi connectivity index (χ2v) is 3.41. The highest BCUT2D eigenvalue weighted by Crippen LogP contribution is 2.29. The average molecular weight is 229 g/mol. The molecule has 0 fully saturated rings. The fourth-order valence-corrected chi connectivity index (χ4v) is 1.62. The summed E-state index contributed by atoms with van der Waals surface area (Å²) in [6.07, 6.45) is 0. The van der Waals surface area contributed by atoms with Gasteiger partial charge in [0.2, 0.25) is 0 Å². The van der Waals surface area contributed by atoms with E-state index in [1.165, 1.54) is 12.1 Å². The van der Waals surface area contributed by atoms with Crippen LogP contribution in [0, 0.1) is 5.82 Å². The Morgan fingerprint density at radius 1 is 1.06 bits per heavy atom. The highest BCUT2D eigenvalue weighted by molar-refractivity contribution is 7.78. The number of benzene rings is 2. The summed E-state index contributed by atoms with van der Waals surface area (Å²) in [7, 11) is 0. The second-order valence-electron chi connectivity index (χ2n) is 3.23. The molecule has 1 nitrogen and oxygen atoms in total. The monoisotopic (exact) mass is 229 g/mol. The van der Waals surface area contributed by atoms with Crippen molar-refractivity contribution in [3.63, 3.8) is 0 Å². The minimum absolute atomic E-state index is 0.265. The summed E-state index contributed by atoms with van der Waals surface area (Å²) >= 11 is 4.58. The molecule has 0 amide bonds. The molecule has 0 heterocycles. The molecule has 0 aliphatic heterocycles. The normalized spacial score (nSPS) is 9.56. The second kappa shape index (κ2) is 4.79. The summed E-state index contributed by atoms with van der Waals surface area (Å²) in [4.78, 5) is 3.96. The zero-order valence-corrected chi connectivity index (χ0v) is 9.17. The minimum Gasteiger partial charge on any atom is -0.207 e. The average Bonchev–Trinajstić information content (AvgIpc) is 2.30. The van der Waals surface area contributed by atoms with Crippen LogP contribution in [0.2, 0.25) is 0 Å². The van der Waals surface area contributed by atoms with Crippen molar-refractivity contribution < 1.29 is 4.39 Å². The fraction of sp³-hybridized carbons (Fsp3) is 0. The number of aliphatic imine (C=N–C) groups is 1. The van der Waals surface area contributed by atoms with E-state index in [-0.39, 0.29) is 5.82 Å². The standard InChI is InChI=1S/C13H8FNS/c14-11-5-3-4-10(8-11)12-6-1-2-7-13(12)15-9-16/h1-8H. The Hall–Kier alpha value is -1.83. The lowest BCUT2D eigenvalue weighted by atomic mass is 10.0. The Bertz CT molecular complexity index is 559. The summed E-state index contributed by atoms with van der Waals surface area (Å²) in [5, 5.41) is 2.32. The van der Waals surface area contributed by atoms with E-state index in [2.05, 4.69) is 22.4 Å². The molecule has 2 aromatic carbocycles. The largest absolute Gasteiger partial charge is 0.207 e. The number of hydrogen-bond acceptors (Lipinski definition) is 2. The molecule has 2 rings (SSSR count). The van der Waals surface area contributed by atoms with Gasteiger partial charge >= 0.3 is 0 Å². The highest BCUT2D eigenvalue weighted by Gasteiger charge is 2.03. The van der Waals surface area contributed by atoms with Crippen molar-refractivity contribution in [1.29, 1.82) is 0 Å². The van der Waals surface area contributed by atoms with E-state index < -0.39 is 0 Å². The van der Waals surface area contributed by atoms with Crippen LogP contribution in [-0.4, -0.2) is 5.16 Å². The van der Waals surface area contributed by atoms with Crippen molar-refractivity contribution in [2.75, 3.05) is 0 Å². The lowest BCUT2D eigenvalue weighted by molar-refractivity contribution is 0.628. The predicted molar refractivity (Wildman–Crippen MR) is 66.5 cm³/mol. The maximum atomic E-state index is 13.1. The maximum absolute atomic E-state index is 13.1. The number of isothiocyanates is 1. The number of para-hydroxylation sites is 1. The van der Waals surface area contributed by atoms with Crippen molar-refractivity contribution in [3.8, 4) is 11.1 Å². The molecule has 0 saturated carbocycles. The smallest absolute Gasteiger partial charge is 0.123 e. The number of thiocarbonyl (C=S) groups is 1. The number of halogens is 1. The Labute approximate surface area is 98.3 Å². The van der Waals surface area contributed by atoms with Gasteiger partial charge in [0.05, 0.1) is 10.8 Å². The lowest BCUT2D eigenvalue weighted by Crippen LogP contribution is -1.80. The van der Waals surface area contributed by atoms with Crippen LogP contribution in [0.4, 0.5) is 10.1 Å². The fourth-order valence-electron chi connectivity index (χ4n) is 1.52. The van der Waals surface area contributed by atoms with E-state index in [0.29, 0.717) is 5.69 Å². The van der Waals surface area contributed by atoms with Gasteiger partial charge in [-0.05, 0) is 36.0 Å². The number of nitrogens with zero attached hydrogens (tertiary/aromatic N) is 1. The van der Waals surface area contributed by atoms with E-state index >= 15 is 0 Å². The van der Waals surface area contributed by atoms with Gasteiger partial charge in [-0.3, -0.25) is 0 Å². The molecule has 0 unspecified atom stereocenters. The third-order valence-electron chi connectivity index (χ3n) is 2.21. The van der Waals surface area contributed by atoms with E-state index in [9.17, 15) is 4.39 Å². The van der Waals surface area contributed by atoms with Crippen molar-refractivity contribution in [2.45, 2.75) is 0 Å². The lowest BCUT2D eigenvalue weighted by Gasteiger charge is -2.04. The van der Waals surface area contributed by atoms with Gasteiger partial charge in [0.15, 0.2) is 0 Å². The highest BCUT2D eigenvalue weighted by atomic mass is 32.1. The first-order chi connectivity index (χ1) is 7.81. The maximum Gasteiger partial charge on any atom is 0.123 e. The molecule has 16 heavy (non-hydrogen) atoms. The zero-order chi connectivity index (χ0) is 11.4. The third kappa shape index (κ3) is 2.22. The van der Waals surface area contributed by atoms with Crippen LogP contribution in [0.15, 0.2) is 53.5 Å². The molecule has 0 radical (unpaired) electrons. The summed E-state index contributed by atoms with van der Waals surface area (Å²) in [6.45, 7) is 0. The molecule has 0 aliphatic carbocycles. The molecule has 0 spiro atoms. The van der Waals surface area contributed by atoms with Crippen molar-refractivity contribution in [3.05, 3.63) is 54.3 Å². The molecule has 0 aromatic heterocycles. The summed E-state index contributed by atoms with van der Waals surface area (Å²) < 4.78 is 13.1. The van der Waals surface area contributed by atoms with Crippen LogP contribution in [-0.2, 0) is 0 Å². The molecule has 2 aromatic rings. The molecular formula is C13H8FNS. The van der Waals surface area contributed by atoms with E-state index in [1.807, 2.05) is 30.3 Å². The first-order valence-corrected chi connectivity index (χ1v) is 5.15. The molecule has 3 heteroatoms. The van der Waals surface area contributed by atoms with Gasteiger partial charge in [0, 0.05) is 5.56 Å². The van der Waals surface area contributed by atoms with Crippen LogP contribution >= 0.6 is 12.2 Å². The van der Waals surface area contributed by atoms with Crippen LogP contribution < -0.4 is 0 Å². The van der Waals surface area contributed by atoms with Gasteiger partial charge in [-0.1, -0.05) is 30.3 Å². The molecular weight excluding hydrogens is 221 g/mol. The molecule has 0 atom stereocenters. The van der Waals surface area contributed by atoms with Crippen molar-refractivity contribution in [2.24, 2.45) is 4.99 Å². The van der Waals surface area contributed by atoms with E-state index in [1.54, 1.807) is 6.07 Å². The van der Waals surface area contributed by atoms with Gasteiger partial charge in [-0.25, -0.2) is 4.39 Å². The van der Waals surface area contributed by atoms with Crippen LogP contribution in [0.1, 0.15) is 0 Å². The Balaban J connectivity index is 2.59. The zero-order valence-electron chi connectivity index (χ0n) is 8.35. The quantitative estimate of drug-likeness (QED) is 0.554. The van der Waals surface area contributed by atoms with E-state index in [4.69, 9.17) is 0 Å². The molecule has 78 valence electrons. The Kier molecular flexibility index (Phi) is 3.20. The van der Waals surface area contributed by atoms with Gasteiger partial charge in [0.25, 0.3) is 0 Å². The van der Waals surface area contributed by atoms with E-state index in [0.717, 1.165) is 11.1 Å². The minimum atomic E-state index is -0.265. The van der Waals surface area contributed by atoms with Gasteiger partial charge in [-0.2, -0.15) is 4.99 Å². The van der Waals surface area contributed by atoms with Crippen LogP contribution in [0.25, 0.3) is 11.1 Å². The van der Waals surface area contributed by atoms with Crippen LogP contribution in [0.3, 0.4) is 0 Å². The van der Waals surface area contributed by atoms with Crippen molar-refractivity contribution in [1.82, 2.24) is 0 Å². The predicted octanol–water partition coefficient (Wildman–Crippen LogP) is 4.23. The topological polar surface area (TPSA) is 12.4 Å².